The number of fused-ring (bicyclic) bond motifs is 4. The molecule has 0 unspecified atom stereocenters. The van der Waals surface area contributed by atoms with Gasteiger partial charge in [0.25, 0.3) is 0 Å². The van der Waals surface area contributed by atoms with Crippen molar-refractivity contribution in [3.63, 3.8) is 0 Å². The molecule has 116 valence electrons. The van der Waals surface area contributed by atoms with E-state index in [0.29, 0.717) is 17.9 Å². The van der Waals surface area contributed by atoms with Crippen LogP contribution in [0.1, 0.15) is 5.82 Å². The highest BCUT2D eigenvalue weighted by Gasteiger charge is 2.13. The van der Waals surface area contributed by atoms with Gasteiger partial charge < -0.3 is 9.73 Å². The van der Waals surface area contributed by atoms with Crippen molar-refractivity contribution in [1.29, 1.82) is 0 Å². The summed E-state index contributed by atoms with van der Waals surface area (Å²) in [5.41, 5.74) is 3.05. The lowest BCUT2D eigenvalue weighted by Gasteiger charge is -2.04. The van der Waals surface area contributed by atoms with Crippen molar-refractivity contribution in [1.82, 2.24) is 24.6 Å². The Labute approximate surface area is 136 Å². The summed E-state index contributed by atoms with van der Waals surface area (Å²) in [6.45, 7) is 0.480. The molecule has 1 N–H and O–H groups in total. The zero-order valence-corrected chi connectivity index (χ0v) is 12.5. The Morgan fingerprint density at radius 2 is 1.92 bits per heavy atom. The number of rotatable bonds is 3. The molecule has 4 aromatic heterocycles. The third-order valence-electron chi connectivity index (χ3n) is 3.96. The zero-order chi connectivity index (χ0) is 15.9. The van der Waals surface area contributed by atoms with E-state index in [2.05, 4.69) is 25.5 Å². The number of nitrogens with zero attached hydrogens (tertiary/aromatic N) is 5. The Morgan fingerprint density at radius 1 is 1.00 bits per heavy atom. The van der Waals surface area contributed by atoms with Gasteiger partial charge in [-0.25, -0.2) is 9.97 Å². The SMILES string of the molecule is c1ccc2c(c1)oc1c(NCc3nnc4ccccn34)ncnc12. The van der Waals surface area contributed by atoms with Crippen molar-refractivity contribution in [2.75, 3.05) is 5.32 Å². The van der Waals surface area contributed by atoms with Gasteiger partial charge in [-0.2, -0.15) is 0 Å². The van der Waals surface area contributed by atoms with Crippen molar-refractivity contribution >= 4 is 33.5 Å². The number of aromatic nitrogens is 5. The quantitative estimate of drug-likeness (QED) is 0.551. The molecule has 0 bridgehead atoms. The molecule has 0 aliphatic carbocycles. The summed E-state index contributed by atoms with van der Waals surface area (Å²) < 4.78 is 7.85. The van der Waals surface area contributed by atoms with Crippen LogP contribution in [0.4, 0.5) is 5.82 Å². The summed E-state index contributed by atoms with van der Waals surface area (Å²) in [5, 5.41) is 12.6. The Hall–Kier alpha value is -3.48. The highest BCUT2D eigenvalue weighted by Crippen LogP contribution is 2.30. The van der Waals surface area contributed by atoms with Gasteiger partial charge in [-0.15, -0.1) is 10.2 Å². The first-order chi connectivity index (χ1) is 11.9. The molecule has 0 aliphatic rings. The molecule has 0 fully saturated rings. The maximum absolute atomic E-state index is 5.91. The number of para-hydroxylation sites is 1. The highest BCUT2D eigenvalue weighted by molar-refractivity contribution is 6.05. The van der Waals surface area contributed by atoms with E-state index >= 15 is 0 Å². The van der Waals surface area contributed by atoms with Crippen molar-refractivity contribution in [2.45, 2.75) is 6.54 Å². The second kappa shape index (κ2) is 5.02. The number of anilines is 1. The second-order valence-corrected chi connectivity index (χ2v) is 5.40. The largest absolute Gasteiger partial charge is 0.450 e. The van der Waals surface area contributed by atoms with Crippen LogP contribution in [0, 0.1) is 0 Å². The number of benzene rings is 1. The first-order valence-electron chi connectivity index (χ1n) is 7.55. The predicted octanol–water partition coefficient (Wildman–Crippen LogP) is 3.03. The van der Waals surface area contributed by atoms with Crippen LogP contribution >= 0.6 is 0 Å². The van der Waals surface area contributed by atoms with Gasteiger partial charge >= 0.3 is 0 Å². The van der Waals surface area contributed by atoms with Crippen LogP contribution in [-0.4, -0.2) is 24.6 Å². The third-order valence-corrected chi connectivity index (χ3v) is 3.96. The first-order valence-corrected chi connectivity index (χ1v) is 7.55. The maximum atomic E-state index is 5.91. The number of hydrogen-bond donors (Lipinski definition) is 1. The Balaban J connectivity index is 1.55. The van der Waals surface area contributed by atoms with Crippen LogP contribution in [0.5, 0.6) is 0 Å². The van der Waals surface area contributed by atoms with E-state index in [9.17, 15) is 0 Å². The summed E-state index contributed by atoms with van der Waals surface area (Å²) in [6, 6.07) is 13.6. The predicted molar refractivity (Wildman–Crippen MR) is 89.6 cm³/mol. The van der Waals surface area contributed by atoms with Crippen LogP contribution in [-0.2, 0) is 6.54 Å². The van der Waals surface area contributed by atoms with Crippen LogP contribution < -0.4 is 5.32 Å². The number of hydrogen-bond acceptors (Lipinski definition) is 6. The van der Waals surface area contributed by atoms with Gasteiger partial charge in [0.05, 0.1) is 6.54 Å². The number of furan rings is 1. The van der Waals surface area contributed by atoms with Crippen LogP contribution in [0.2, 0.25) is 0 Å². The summed E-state index contributed by atoms with van der Waals surface area (Å²) in [5.74, 6) is 1.44. The molecule has 0 spiro atoms. The lowest BCUT2D eigenvalue weighted by atomic mass is 10.2. The van der Waals surface area contributed by atoms with E-state index in [1.807, 2.05) is 53.1 Å². The molecule has 7 nitrogen and oxygen atoms in total. The molecule has 0 radical (unpaired) electrons. The smallest absolute Gasteiger partial charge is 0.196 e. The summed E-state index contributed by atoms with van der Waals surface area (Å²) >= 11 is 0. The average Bonchev–Trinajstić information content (AvgIpc) is 3.21. The average molecular weight is 316 g/mol. The molecule has 0 atom stereocenters. The van der Waals surface area contributed by atoms with Gasteiger partial charge in [0.1, 0.15) is 17.4 Å². The fourth-order valence-corrected chi connectivity index (χ4v) is 2.82. The summed E-state index contributed by atoms with van der Waals surface area (Å²) in [4.78, 5) is 8.66. The fraction of sp³-hybridized carbons (Fsp3) is 0.0588. The monoisotopic (exact) mass is 316 g/mol. The molecule has 7 heteroatoms. The van der Waals surface area contributed by atoms with Crippen molar-refractivity contribution in [3.8, 4) is 0 Å². The lowest BCUT2D eigenvalue weighted by molar-refractivity contribution is 0.666. The topological polar surface area (TPSA) is 81.1 Å². The molecule has 4 heterocycles. The fourth-order valence-electron chi connectivity index (χ4n) is 2.82. The van der Waals surface area contributed by atoms with E-state index in [4.69, 9.17) is 4.42 Å². The highest BCUT2D eigenvalue weighted by atomic mass is 16.3. The van der Waals surface area contributed by atoms with E-state index in [0.717, 1.165) is 28.0 Å². The second-order valence-electron chi connectivity index (χ2n) is 5.40. The Bertz CT molecular complexity index is 1180. The van der Waals surface area contributed by atoms with E-state index in [1.54, 1.807) is 0 Å². The third kappa shape index (κ3) is 1.91. The van der Waals surface area contributed by atoms with Crippen LogP contribution in [0.3, 0.4) is 0 Å². The Kier molecular flexibility index (Phi) is 2.72. The molecule has 0 saturated carbocycles. The molecule has 0 amide bonds. The Morgan fingerprint density at radius 3 is 2.92 bits per heavy atom. The number of pyridine rings is 1. The maximum Gasteiger partial charge on any atom is 0.196 e. The van der Waals surface area contributed by atoms with Gasteiger partial charge in [-0.1, -0.05) is 18.2 Å². The van der Waals surface area contributed by atoms with E-state index in [1.165, 1.54) is 6.33 Å². The zero-order valence-electron chi connectivity index (χ0n) is 12.5. The molecular formula is C17H12N6O. The van der Waals surface area contributed by atoms with Gasteiger partial charge in [-0.3, -0.25) is 4.40 Å². The van der Waals surface area contributed by atoms with E-state index < -0.39 is 0 Å². The molecular weight excluding hydrogens is 304 g/mol. The molecule has 1 aromatic carbocycles. The van der Waals surface area contributed by atoms with Crippen molar-refractivity contribution in [3.05, 3.63) is 60.8 Å². The molecule has 24 heavy (non-hydrogen) atoms. The molecule has 5 aromatic rings. The standard InChI is InChI=1S/C17H12N6O/c1-2-6-12-11(5-1)15-16(24-12)17(20-10-19-15)18-9-14-22-21-13-7-3-4-8-23(13)14/h1-8,10H,9H2,(H,18,19,20). The first kappa shape index (κ1) is 13.0. The van der Waals surface area contributed by atoms with Gasteiger partial charge in [-0.05, 0) is 24.3 Å². The minimum absolute atomic E-state index is 0.480. The molecule has 5 rings (SSSR count). The van der Waals surface area contributed by atoms with Crippen molar-refractivity contribution < 1.29 is 4.42 Å². The van der Waals surface area contributed by atoms with Crippen molar-refractivity contribution in [2.24, 2.45) is 0 Å². The summed E-state index contributed by atoms with van der Waals surface area (Å²) in [7, 11) is 0. The minimum Gasteiger partial charge on any atom is -0.450 e. The van der Waals surface area contributed by atoms with Gasteiger partial charge in [0, 0.05) is 11.6 Å². The molecule has 0 saturated heterocycles. The van der Waals surface area contributed by atoms with Gasteiger partial charge in [0.2, 0.25) is 0 Å². The summed E-state index contributed by atoms with van der Waals surface area (Å²) in [6.07, 6.45) is 3.47. The lowest BCUT2D eigenvalue weighted by Crippen LogP contribution is -2.05. The normalized spacial score (nSPS) is 11.5. The van der Waals surface area contributed by atoms with Gasteiger partial charge in [0.15, 0.2) is 22.9 Å². The minimum atomic E-state index is 0.480. The van der Waals surface area contributed by atoms with E-state index in [-0.39, 0.29) is 0 Å². The number of nitrogens with one attached hydrogen (secondary N) is 1. The van der Waals surface area contributed by atoms with Crippen LogP contribution in [0.25, 0.3) is 27.7 Å². The van der Waals surface area contributed by atoms with Crippen LogP contribution in [0.15, 0.2) is 59.4 Å². The molecule has 0 aliphatic heterocycles.